The highest BCUT2D eigenvalue weighted by molar-refractivity contribution is 7.85. The standard InChI is InChI=1S/C43H64N12O8.C7H8O3S/c1-5-25(3)34(54-37(57)32(19-13-21-49-42(46)47)53-43(62)63-24-27-14-8-7-9-15-27)39(59)52-33(22-28-23-50-30-17-11-10-16-29(28)30)38(58)51-31(18-12-20-48-41(44)45)36(56)55-35(40(60)61)26(4)6-2;1-6-2-4-7(5-3-6)11(8,9)10/h7-11,14-17,23,25-26,31-35,50H,5-6,12-13,18-22,24H2,1-4H3,(H,51,58)(H,52,59)(H,53,62)(H,54,57)(H,55,56)(H,60,61)(H4,44,45,48)(H4,46,47,49);2-5H,1H3,(H,8,9,10). The Balaban J connectivity index is 0.00000116. The summed E-state index contributed by atoms with van der Waals surface area (Å²) in [7, 11) is -4.02. The lowest BCUT2D eigenvalue weighted by atomic mass is 9.96. The molecule has 0 saturated heterocycles. The van der Waals surface area contributed by atoms with Gasteiger partial charge in [-0.25, -0.2) is 9.59 Å². The van der Waals surface area contributed by atoms with E-state index in [0.29, 0.717) is 18.4 Å². The molecular weight excluding hydrogens is 977 g/mol. The Morgan fingerprint density at radius 1 is 0.662 bits per heavy atom. The number of aliphatic carboxylic acids is 1. The summed E-state index contributed by atoms with van der Waals surface area (Å²) >= 11 is 0. The van der Waals surface area contributed by atoms with E-state index < -0.39 is 87.9 Å². The summed E-state index contributed by atoms with van der Waals surface area (Å²) in [6, 6.07) is 16.2. The molecule has 0 radical (unpaired) electrons. The molecule has 404 valence electrons. The SMILES string of the molecule is CCC(C)C(NC(=O)C(CCCN=C(N)N)NC(=O)C(Cc1c[nH]c2ccccc12)NC(=O)C(NC(=O)C(CCCN=C(N)N)NC(=O)OCc1ccccc1)C(C)CC)C(=O)O.Cc1ccc(S(=O)(=O)O)cc1. The van der Waals surface area contributed by atoms with E-state index in [9.17, 15) is 42.3 Å². The molecule has 0 saturated carbocycles. The van der Waals surface area contributed by atoms with Crippen molar-refractivity contribution in [3.05, 3.63) is 102 Å². The third kappa shape index (κ3) is 20.8. The Hall–Kier alpha value is -7.73. The van der Waals surface area contributed by atoms with E-state index in [-0.39, 0.29) is 68.6 Å². The number of benzene rings is 3. The number of nitrogens with two attached hydrogens (primary N) is 4. The van der Waals surface area contributed by atoms with Gasteiger partial charge in [0.25, 0.3) is 10.1 Å². The average molecular weight is 1050 g/mol. The first kappa shape index (κ1) is 60.6. The van der Waals surface area contributed by atoms with Crippen LogP contribution in [0.15, 0.2) is 99.9 Å². The Bertz CT molecular complexity index is 2640. The number of aromatic nitrogens is 1. The number of para-hydroxylation sites is 1. The van der Waals surface area contributed by atoms with Gasteiger partial charge >= 0.3 is 12.1 Å². The molecule has 74 heavy (non-hydrogen) atoms. The molecule has 24 heteroatoms. The number of carbonyl (C=O) groups excluding carboxylic acids is 5. The van der Waals surface area contributed by atoms with Crippen molar-refractivity contribution in [2.24, 2.45) is 44.8 Å². The topological polar surface area (TPSA) is 391 Å². The van der Waals surface area contributed by atoms with Gasteiger partial charge in [-0.3, -0.25) is 33.7 Å². The summed E-state index contributed by atoms with van der Waals surface area (Å²) in [5, 5.41) is 24.2. The number of carbonyl (C=O) groups is 6. The quantitative estimate of drug-likeness (QED) is 0.0177. The lowest BCUT2D eigenvalue weighted by molar-refractivity contribution is -0.144. The lowest BCUT2D eigenvalue weighted by Gasteiger charge is -2.29. The van der Waals surface area contributed by atoms with Gasteiger partial charge in [0.2, 0.25) is 23.6 Å². The maximum absolute atomic E-state index is 14.4. The van der Waals surface area contributed by atoms with Crippen LogP contribution >= 0.6 is 0 Å². The molecule has 7 atom stereocenters. The van der Waals surface area contributed by atoms with Gasteiger partial charge < -0.3 is 64.3 Å². The molecule has 1 heterocycles. The van der Waals surface area contributed by atoms with E-state index in [4.69, 9.17) is 32.2 Å². The second-order valence-corrected chi connectivity index (χ2v) is 19.1. The van der Waals surface area contributed by atoms with Gasteiger partial charge in [-0.05, 0) is 73.8 Å². The first-order chi connectivity index (χ1) is 35.0. The van der Waals surface area contributed by atoms with E-state index in [1.165, 1.54) is 12.1 Å². The van der Waals surface area contributed by atoms with Crippen LogP contribution in [-0.4, -0.2) is 114 Å². The number of ether oxygens (including phenoxy) is 1. The number of nitrogens with zero attached hydrogens (tertiary/aromatic N) is 2. The minimum Gasteiger partial charge on any atom is -0.480 e. The van der Waals surface area contributed by atoms with Crippen LogP contribution in [0.25, 0.3) is 10.9 Å². The number of aliphatic imine (C=N–C) groups is 2. The van der Waals surface area contributed by atoms with Gasteiger partial charge in [0, 0.05) is 36.6 Å². The molecule has 0 bridgehead atoms. The molecule has 23 nitrogen and oxygen atoms in total. The number of guanidine groups is 2. The Kier molecular flexibility index (Phi) is 24.8. The first-order valence-corrected chi connectivity index (χ1v) is 25.6. The van der Waals surface area contributed by atoms with Crippen LogP contribution in [0.3, 0.4) is 0 Å². The summed E-state index contributed by atoms with van der Waals surface area (Å²) in [6.45, 7) is 9.13. The molecule has 4 aromatic rings. The molecule has 7 unspecified atom stereocenters. The molecule has 0 spiro atoms. The summed E-state index contributed by atoms with van der Waals surface area (Å²) in [5.41, 5.74) is 25.1. The first-order valence-electron chi connectivity index (χ1n) is 24.2. The third-order valence-corrected chi connectivity index (χ3v) is 12.8. The van der Waals surface area contributed by atoms with Crippen LogP contribution in [-0.2, 0) is 51.9 Å². The van der Waals surface area contributed by atoms with Crippen LogP contribution in [0.4, 0.5) is 4.79 Å². The van der Waals surface area contributed by atoms with Crippen LogP contribution in [0.5, 0.6) is 0 Å². The number of H-pyrrole nitrogens is 1. The van der Waals surface area contributed by atoms with Crippen molar-refractivity contribution in [1.29, 1.82) is 0 Å². The number of amides is 5. The zero-order valence-corrected chi connectivity index (χ0v) is 43.2. The molecule has 16 N–H and O–H groups in total. The van der Waals surface area contributed by atoms with Crippen molar-refractivity contribution in [2.45, 2.75) is 121 Å². The predicted octanol–water partition coefficient (Wildman–Crippen LogP) is 2.47. The van der Waals surface area contributed by atoms with Gasteiger partial charge in [0.1, 0.15) is 36.8 Å². The van der Waals surface area contributed by atoms with Gasteiger partial charge in [-0.1, -0.05) is 107 Å². The number of alkyl carbamates (subject to hydrolysis) is 1. The third-order valence-electron chi connectivity index (χ3n) is 12.0. The molecule has 0 aliphatic carbocycles. The molecular formula is C50H72N12O11S. The second-order valence-electron chi connectivity index (χ2n) is 17.7. The number of fused-ring (bicyclic) bond motifs is 1. The number of carboxylic acids is 1. The fraction of sp³-hybridized carbons (Fsp3) is 0.440. The van der Waals surface area contributed by atoms with Crippen molar-refractivity contribution < 1.29 is 51.6 Å². The highest BCUT2D eigenvalue weighted by atomic mass is 32.2. The molecule has 0 aliphatic heterocycles. The molecule has 3 aromatic carbocycles. The normalized spacial score (nSPS) is 13.9. The average Bonchev–Trinajstić information content (AvgIpc) is 3.77. The van der Waals surface area contributed by atoms with Crippen LogP contribution in [0.2, 0.25) is 0 Å². The van der Waals surface area contributed by atoms with Gasteiger partial charge in [0.05, 0.1) is 4.90 Å². The zero-order valence-electron chi connectivity index (χ0n) is 42.4. The minimum absolute atomic E-state index is 0.0197. The second kappa shape index (κ2) is 30.3. The summed E-state index contributed by atoms with van der Waals surface area (Å²) in [6.07, 6.45) is 2.31. The van der Waals surface area contributed by atoms with Crippen molar-refractivity contribution in [3.63, 3.8) is 0 Å². The molecule has 0 aliphatic rings. The number of aryl methyl sites for hydroxylation is 1. The molecule has 0 fully saturated rings. The summed E-state index contributed by atoms with van der Waals surface area (Å²) in [4.78, 5) is 92.6. The van der Waals surface area contributed by atoms with E-state index in [1.807, 2.05) is 44.2 Å². The fourth-order valence-electron chi connectivity index (χ4n) is 7.32. The van der Waals surface area contributed by atoms with Crippen molar-refractivity contribution >= 4 is 68.6 Å². The number of hydrogen-bond donors (Lipinski definition) is 12. The highest BCUT2D eigenvalue weighted by Crippen LogP contribution is 2.20. The van der Waals surface area contributed by atoms with Crippen molar-refractivity contribution in [2.75, 3.05) is 13.1 Å². The Labute approximate surface area is 431 Å². The van der Waals surface area contributed by atoms with Crippen molar-refractivity contribution in [3.8, 4) is 0 Å². The maximum Gasteiger partial charge on any atom is 0.408 e. The number of aromatic amines is 1. The zero-order chi connectivity index (χ0) is 55.0. The van der Waals surface area contributed by atoms with Gasteiger partial charge in [-0.15, -0.1) is 0 Å². The van der Waals surface area contributed by atoms with Gasteiger partial charge in [-0.2, -0.15) is 8.42 Å². The molecule has 4 rings (SSSR count). The van der Waals surface area contributed by atoms with E-state index in [0.717, 1.165) is 22.0 Å². The highest BCUT2D eigenvalue weighted by Gasteiger charge is 2.35. The summed E-state index contributed by atoms with van der Waals surface area (Å²) in [5.74, 6) is -5.34. The monoisotopic (exact) mass is 1050 g/mol. The fourth-order valence-corrected chi connectivity index (χ4v) is 7.80. The van der Waals surface area contributed by atoms with Crippen LogP contribution in [0.1, 0.15) is 82.9 Å². The molecule has 1 aromatic heterocycles. The summed E-state index contributed by atoms with van der Waals surface area (Å²) < 4.78 is 34.9. The number of rotatable bonds is 27. The lowest BCUT2D eigenvalue weighted by Crippen LogP contribution is -2.60. The largest absolute Gasteiger partial charge is 0.480 e. The van der Waals surface area contributed by atoms with Crippen molar-refractivity contribution in [1.82, 2.24) is 31.6 Å². The van der Waals surface area contributed by atoms with Crippen LogP contribution in [0, 0.1) is 18.8 Å². The van der Waals surface area contributed by atoms with E-state index in [1.54, 1.807) is 63.4 Å². The number of hydrogen-bond acceptors (Lipinski definition) is 11. The molecule has 5 amide bonds. The Morgan fingerprint density at radius 2 is 1.16 bits per heavy atom. The number of nitrogens with one attached hydrogen (secondary N) is 6. The minimum atomic E-state index is -4.02. The maximum atomic E-state index is 14.4. The van der Waals surface area contributed by atoms with Gasteiger partial charge in [0.15, 0.2) is 11.9 Å². The van der Waals surface area contributed by atoms with E-state index >= 15 is 0 Å². The Morgan fingerprint density at radius 3 is 1.70 bits per heavy atom. The van der Waals surface area contributed by atoms with E-state index in [2.05, 4.69) is 41.6 Å². The predicted molar refractivity (Wildman–Crippen MR) is 281 cm³/mol. The van der Waals surface area contributed by atoms with Crippen LogP contribution < -0.4 is 49.5 Å². The number of carboxylic acid groups (broad SMARTS) is 1. The smallest absolute Gasteiger partial charge is 0.408 e.